The van der Waals surface area contributed by atoms with Gasteiger partial charge in [0.25, 0.3) is 0 Å². The van der Waals surface area contributed by atoms with Crippen LogP contribution in [0.4, 0.5) is 0 Å². The van der Waals surface area contributed by atoms with E-state index in [2.05, 4.69) is 5.32 Å². The second kappa shape index (κ2) is 5.06. The van der Waals surface area contributed by atoms with Crippen molar-refractivity contribution in [2.45, 2.75) is 19.0 Å². The fraction of sp³-hybridized carbons (Fsp3) is 0.833. The highest BCUT2D eigenvalue weighted by Crippen LogP contribution is 1.82. The van der Waals surface area contributed by atoms with Crippen LogP contribution in [0.2, 0.25) is 0 Å². The zero-order valence-corrected chi connectivity index (χ0v) is 6.45. The first-order chi connectivity index (χ1) is 5.07. The van der Waals surface area contributed by atoms with Crippen molar-refractivity contribution in [1.29, 1.82) is 0 Å². The molecule has 5 N–H and O–H groups in total. The van der Waals surface area contributed by atoms with Crippen molar-refractivity contribution in [1.82, 2.24) is 5.32 Å². The van der Waals surface area contributed by atoms with Crippen LogP contribution in [0.15, 0.2) is 0 Å². The zero-order chi connectivity index (χ0) is 8.85. The van der Waals surface area contributed by atoms with Crippen LogP contribution >= 0.6 is 0 Å². The topological polar surface area (TPSA) is 95.6 Å². The summed E-state index contributed by atoms with van der Waals surface area (Å²) < 4.78 is 0. The molecule has 0 radical (unpaired) electrons. The summed E-state index contributed by atoms with van der Waals surface area (Å²) in [7, 11) is 0. The summed E-state index contributed by atoms with van der Waals surface area (Å²) in [6, 6.07) is -1.01. The lowest BCUT2D eigenvalue weighted by Gasteiger charge is -2.12. The van der Waals surface area contributed by atoms with Gasteiger partial charge >= 0.3 is 5.97 Å². The minimum absolute atomic E-state index is 0.108. The normalized spacial score (nSPS) is 15.9. The predicted molar refractivity (Wildman–Crippen MR) is 40.2 cm³/mol. The number of hydrogen-bond donors (Lipinski definition) is 4. The molecule has 0 saturated heterocycles. The molecule has 0 rings (SSSR count). The lowest BCUT2D eigenvalue weighted by molar-refractivity contribution is -0.140. The third kappa shape index (κ3) is 4.72. The first-order valence-corrected chi connectivity index (χ1v) is 3.40. The number of nitrogens with two attached hydrogens (primary N) is 1. The Balaban J connectivity index is 3.61. The van der Waals surface area contributed by atoms with Crippen LogP contribution in [-0.4, -0.2) is 41.4 Å². The third-order valence-corrected chi connectivity index (χ3v) is 1.17. The highest BCUT2D eigenvalue weighted by Gasteiger charge is 2.14. The molecular formula is C6H14N2O3. The van der Waals surface area contributed by atoms with E-state index in [1.165, 1.54) is 0 Å². The van der Waals surface area contributed by atoms with Crippen molar-refractivity contribution in [2.75, 3.05) is 13.2 Å². The molecule has 0 amide bonds. The van der Waals surface area contributed by atoms with Crippen LogP contribution in [0.5, 0.6) is 0 Å². The number of aliphatic hydroxyl groups is 1. The maximum absolute atomic E-state index is 10.3. The number of carboxylic acids is 1. The van der Waals surface area contributed by atoms with E-state index in [0.29, 0.717) is 6.54 Å². The van der Waals surface area contributed by atoms with Crippen molar-refractivity contribution in [2.24, 2.45) is 5.73 Å². The quantitative estimate of drug-likeness (QED) is 0.389. The summed E-state index contributed by atoms with van der Waals surface area (Å²) in [4.78, 5) is 10.3. The molecule has 0 aromatic rings. The van der Waals surface area contributed by atoms with Gasteiger partial charge in [0.05, 0.1) is 6.61 Å². The van der Waals surface area contributed by atoms with Gasteiger partial charge in [-0.15, -0.1) is 0 Å². The van der Waals surface area contributed by atoms with Gasteiger partial charge in [-0.05, 0) is 6.92 Å². The number of rotatable bonds is 5. The fourth-order valence-corrected chi connectivity index (χ4v) is 0.558. The molecule has 0 heterocycles. The lowest BCUT2D eigenvalue weighted by Crippen LogP contribution is -2.44. The van der Waals surface area contributed by atoms with Gasteiger partial charge in [-0.2, -0.15) is 0 Å². The van der Waals surface area contributed by atoms with E-state index in [-0.39, 0.29) is 6.04 Å². The van der Waals surface area contributed by atoms with Crippen molar-refractivity contribution in [3.05, 3.63) is 0 Å². The average Bonchev–Trinajstić information content (AvgIpc) is 1.87. The molecule has 1 unspecified atom stereocenters. The molecule has 0 bridgehead atoms. The molecule has 0 aromatic heterocycles. The van der Waals surface area contributed by atoms with Crippen molar-refractivity contribution in [3.63, 3.8) is 0 Å². The Morgan fingerprint density at radius 2 is 2.27 bits per heavy atom. The van der Waals surface area contributed by atoms with Crippen molar-refractivity contribution >= 4 is 5.97 Å². The van der Waals surface area contributed by atoms with Crippen LogP contribution in [0, 0.1) is 0 Å². The Labute approximate surface area is 65.2 Å². The van der Waals surface area contributed by atoms with Gasteiger partial charge in [0, 0.05) is 12.6 Å². The fourth-order valence-electron chi connectivity index (χ4n) is 0.558. The molecule has 5 nitrogen and oxygen atoms in total. The Morgan fingerprint density at radius 1 is 1.73 bits per heavy atom. The van der Waals surface area contributed by atoms with Gasteiger partial charge in [0.1, 0.15) is 6.04 Å². The summed E-state index contributed by atoms with van der Waals surface area (Å²) in [5, 5.41) is 19.5. The molecule has 66 valence electrons. The molecule has 0 aliphatic heterocycles. The second-order valence-corrected chi connectivity index (χ2v) is 2.46. The summed E-state index contributed by atoms with van der Waals surface area (Å²) >= 11 is 0. The monoisotopic (exact) mass is 162 g/mol. The lowest BCUT2D eigenvalue weighted by atomic mass is 10.3. The number of carbonyl (C=O) groups is 1. The van der Waals surface area contributed by atoms with Crippen LogP contribution in [0.1, 0.15) is 6.92 Å². The Kier molecular flexibility index (Phi) is 4.76. The standard InChI is InChI=1S/C6H14N2O3/c1-4(7)2-8-5(3-9)6(10)11/h4-5,8-9H,2-3,7H2,1H3,(H,10,11)/t4?,5-/m0/s1. The minimum atomic E-state index is -1.06. The van der Waals surface area contributed by atoms with E-state index in [4.69, 9.17) is 15.9 Å². The number of hydrogen-bond acceptors (Lipinski definition) is 4. The highest BCUT2D eigenvalue weighted by molar-refractivity contribution is 5.73. The van der Waals surface area contributed by atoms with E-state index in [9.17, 15) is 4.79 Å². The third-order valence-electron chi connectivity index (χ3n) is 1.17. The van der Waals surface area contributed by atoms with Crippen LogP contribution < -0.4 is 11.1 Å². The molecule has 2 atom stereocenters. The SMILES string of the molecule is CC(N)CN[C@@H](CO)C(=O)O. The number of carboxylic acid groups (broad SMARTS) is 1. The minimum Gasteiger partial charge on any atom is -0.480 e. The summed E-state index contributed by atoms with van der Waals surface area (Å²) in [6.07, 6.45) is 0. The van der Waals surface area contributed by atoms with E-state index < -0.39 is 18.6 Å². The number of nitrogens with one attached hydrogen (secondary N) is 1. The summed E-state index contributed by atoms with van der Waals surface area (Å²) in [5.41, 5.74) is 5.36. The largest absolute Gasteiger partial charge is 0.480 e. The molecule has 0 aliphatic carbocycles. The number of aliphatic hydroxyl groups excluding tert-OH is 1. The Hall–Kier alpha value is -0.650. The maximum Gasteiger partial charge on any atom is 0.323 e. The van der Waals surface area contributed by atoms with Crippen molar-refractivity contribution in [3.8, 4) is 0 Å². The van der Waals surface area contributed by atoms with Gasteiger partial charge in [-0.25, -0.2) is 0 Å². The van der Waals surface area contributed by atoms with Crippen LogP contribution in [0.3, 0.4) is 0 Å². The van der Waals surface area contributed by atoms with Gasteiger partial charge in [0.2, 0.25) is 0 Å². The van der Waals surface area contributed by atoms with Gasteiger partial charge < -0.3 is 21.3 Å². The highest BCUT2D eigenvalue weighted by atomic mass is 16.4. The molecule has 0 aliphatic rings. The van der Waals surface area contributed by atoms with Crippen molar-refractivity contribution < 1.29 is 15.0 Å². The van der Waals surface area contributed by atoms with Gasteiger partial charge in [-0.1, -0.05) is 0 Å². The second-order valence-electron chi connectivity index (χ2n) is 2.46. The zero-order valence-electron chi connectivity index (χ0n) is 6.45. The smallest absolute Gasteiger partial charge is 0.323 e. The molecule has 0 spiro atoms. The average molecular weight is 162 g/mol. The maximum atomic E-state index is 10.3. The summed E-state index contributed by atoms with van der Waals surface area (Å²) in [5.74, 6) is -1.06. The van der Waals surface area contributed by atoms with Crippen LogP contribution in [-0.2, 0) is 4.79 Å². The molecule has 11 heavy (non-hydrogen) atoms. The predicted octanol–water partition coefficient (Wildman–Crippen LogP) is -1.63. The van der Waals surface area contributed by atoms with E-state index >= 15 is 0 Å². The Bertz CT molecular complexity index is 127. The Morgan fingerprint density at radius 3 is 2.55 bits per heavy atom. The molecule has 0 saturated carbocycles. The van der Waals surface area contributed by atoms with E-state index in [1.807, 2.05) is 0 Å². The summed E-state index contributed by atoms with van der Waals surface area (Å²) in [6.45, 7) is 1.73. The first-order valence-electron chi connectivity index (χ1n) is 3.40. The number of aliphatic carboxylic acids is 1. The first kappa shape index (κ1) is 10.3. The molecule has 0 fully saturated rings. The molecule has 5 heteroatoms. The van der Waals surface area contributed by atoms with Crippen LogP contribution in [0.25, 0.3) is 0 Å². The van der Waals surface area contributed by atoms with Gasteiger partial charge in [0.15, 0.2) is 0 Å². The molecular weight excluding hydrogens is 148 g/mol. The van der Waals surface area contributed by atoms with E-state index in [0.717, 1.165) is 0 Å². The van der Waals surface area contributed by atoms with Gasteiger partial charge in [-0.3, -0.25) is 4.79 Å². The molecule has 0 aromatic carbocycles. The van der Waals surface area contributed by atoms with E-state index in [1.54, 1.807) is 6.92 Å².